The van der Waals surface area contributed by atoms with E-state index < -0.39 is 18.0 Å². The second-order valence-electron chi connectivity index (χ2n) is 6.70. The van der Waals surface area contributed by atoms with Gasteiger partial charge in [-0.1, -0.05) is 26.3 Å². The van der Waals surface area contributed by atoms with Crippen molar-refractivity contribution < 1.29 is 18.7 Å². The average molecular weight is 374 g/mol. The summed E-state index contributed by atoms with van der Waals surface area (Å²) < 4.78 is 24.7. The molecule has 146 valence electrons. The third-order valence-electron chi connectivity index (χ3n) is 4.75. The van der Waals surface area contributed by atoms with Gasteiger partial charge in [-0.05, 0) is 31.4 Å². The van der Waals surface area contributed by atoms with Gasteiger partial charge in [-0.3, -0.25) is 0 Å². The molecule has 1 aliphatic heterocycles. The minimum Gasteiger partial charge on any atom is -0.462 e. The van der Waals surface area contributed by atoms with Crippen molar-refractivity contribution in [1.29, 1.82) is 5.26 Å². The number of carbonyl (C=O) groups is 1. The van der Waals surface area contributed by atoms with Crippen LogP contribution >= 0.6 is 0 Å². The summed E-state index contributed by atoms with van der Waals surface area (Å²) in [6.45, 7) is 6.07. The number of ether oxygens (including phenoxy) is 2. The number of dihydropyridines is 1. The summed E-state index contributed by atoms with van der Waals surface area (Å²) in [6.07, 6.45) is 4.75. The summed E-state index contributed by atoms with van der Waals surface area (Å²) in [7, 11) is 1.51. The summed E-state index contributed by atoms with van der Waals surface area (Å²) in [5.74, 6) is -1.33. The molecule has 2 atom stereocenters. The van der Waals surface area contributed by atoms with Crippen LogP contribution in [0.3, 0.4) is 0 Å². The normalized spacial score (nSPS) is 22.7. The van der Waals surface area contributed by atoms with Crippen LogP contribution in [0.4, 0.5) is 4.39 Å². The van der Waals surface area contributed by atoms with Crippen LogP contribution < -0.4 is 5.32 Å². The molecule has 2 aliphatic rings. The quantitative estimate of drug-likeness (QED) is 0.676. The summed E-state index contributed by atoms with van der Waals surface area (Å²) in [5, 5.41) is 13.0. The fourth-order valence-corrected chi connectivity index (χ4v) is 3.50. The molecule has 1 N–H and O–H groups in total. The molecule has 0 radical (unpaired) electrons. The Morgan fingerprint density at radius 3 is 2.70 bits per heavy atom. The Labute approximate surface area is 160 Å². The number of rotatable bonds is 7. The Morgan fingerprint density at radius 2 is 2.11 bits per heavy atom. The predicted molar refractivity (Wildman–Crippen MR) is 101 cm³/mol. The zero-order valence-corrected chi connectivity index (χ0v) is 16.4. The van der Waals surface area contributed by atoms with E-state index in [1.165, 1.54) is 13.2 Å². The van der Waals surface area contributed by atoms with Crippen molar-refractivity contribution in [2.45, 2.75) is 52.6 Å². The minimum absolute atomic E-state index is 0.0877. The van der Waals surface area contributed by atoms with E-state index >= 15 is 0 Å². The number of methoxy groups -OCH3 is 1. The van der Waals surface area contributed by atoms with Gasteiger partial charge in [0.1, 0.15) is 5.83 Å². The van der Waals surface area contributed by atoms with Gasteiger partial charge in [0, 0.05) is 24.9 Å². The van der Waals surface area contributed by atoms with E-state index in [1.54, 1.807) is 6.08 Å². The van der Waals surface area contributed by atoms with Gasteiger partial charge in [0.25, 0.3) is 0 Å². The van der Waals surface area contributed by atoms with Gasteiger partial charge in [-0.15, -0.1) is 0 Å². The fraction of sp³-hybridized carbons (Fsp3) is 0.524. The first-order chi connectivity index (χ1) is 13.0. The summed E-state index contributed by atoms with van der Waals surface area (Å²) in [5.41, 5.74) is 3.02. The van der Waals surface area contributed by atoms with Gasteiger partial charge < -0.3 is 14.8 Å². The van der Waals surface area contributed by atoms with E-state index in [9.17, 15) is 14.4 Å². The van der Waals surface area contributed by atoms with E-state index in [0.717, 1.165) is 12.1 Å². The van der Waals surface area contributed by atoms with Crippen molar-refractivity contribution in [2.24, 2.45) is 5.92 Å². The first-order valence-electron chi connectivity index (χ1n) is 9.35. The summed E-state index contributed by atoms with van der Waals surface area (Å²) in [6, 6.07) is 2.22. The molecule has 1 heterocycles. The molecular weight excluding hydrogens is 347 g/mol. The molecule has 0 saturated carbocycles. The van der Waals surface area contributed by atoms with Crippen LogP contribution in [-0.4, -0.2) is 25.8 Å². The number of hydrogen-bond donors (Lipinski definition) is 1. The highest BCUT2D eigenvalue weighted by Crippen LogP contribution is 2.41. The van der Waals surface area contributed by atoms with Crippen LogP contribution in [0.25, 0.3) is 0 Å². The highest BCUT2D eigenvalue weighted by Gasteiger charge is 2.39. The molecular formula is C21H27FN2O3. The Bertz CT molecular complexity index is 756. The van der Waals surface area contributed by atoms with E-state index in [-0.39, 0.29) is 12.2 Å². The van der Waals surface area contributed by atoms with Crippen molar-refractivity contribution in [3.05, 3.63) is 46.1 Å². The monoisotopic (exact) mass is 374 g/mol. The standard InChI is InChI=1S/C21H27FN2O3/c1-5-7-17-20(21(25)27-10-6-2)19(16(12-23)13(3)24-17)15-9-8-14(22)11-18(15)26-4/h8-9,18-19,24H,5-7,10-11H2,1-4H3. The van der Waals surface area contributed by atoms with Gasteiger partial charge in [0.15, 0.2) is 0 Å². The molecule has 1 aliphatic carbocycles. The first-order valence-corrected chi connectivity index (χ1v) is 9.35. The molecule has 27 heavy (non-hydrogen) atoms. The highest BCUT2D eigenvalue weighted by atomic mass is 19.1. The lowest BCUT2D eigenvalue weighted by molar-refractivity contribution is -0.139. The van der Waals surface area contributed by atoms with Crippen LogP contribution in [0.1, 0.15) is 46.5 Å². The number of allylic oxidation sites excluding steroid dienone is 5. The maximum atomic E-state index is 13.8. The topological polar surface area (TPSA) is 71.3 Å². The lowest BCUT2D eigenvalue weighted by atomic mass is 9.76. The van der Waals surface area contributed by atoms with E-state index in [0.29, 0.717) is 41.9 Å². The molecule has 2 rings (SSSR count). The number of carbonyl (C=O) groups excluding carboxylic acids is 1. The molecule has 0 bridgehead atoms. The Hall–Kier alpha value is -2.39. The number of hydrogen-bond acceptors (Lipinski definition) is 5. The van der Waals surface area contributed by atoms with Crippen LogP contribution in [0.2, 0.25) is 0 Å². The Morgan fingerprint density at radius 1 is 1.37 bits per heavy atom. The van der Waals surface area contributed by atoms with E-state index in [4.69, 9.17) is 9.47 Å². The number of nitrogens with zero attached hydrogens (tertiary/aromatic N) is 1. The maximum Gasteiger partial charge on any atom is 0.336 e. The van der Waals surface area contributed by atoms with Crippen molar-refractivity contribution in [3.63, 3.8) is 0 Å². The maximum absolute atomic E-state index is 13.8. The molecule has 6 heteroatoms. The minimum atomic E-state index is -0.601. The van der Waals surface area contributed by atoms with Gasteiger partial charge in [0.05, 0.1) is 35.8 Å². The third-order valence-corrected chi connectivity index (χ3v) is 4.75. The number of nitrogens with one attached hydrogen (secondary N) is 1. The van der Waals surface area contributed by atoms with Crippen molar-refractivity contribution in [1.82, 2.24) is 5.32 Å². The van der Waals surface area contributed by atoms with E-state index in [2.05, 4.69) is 11.4 Å². The van der Waals surface area contributed by atoms with Crippen LogP contribution in [0.15, 0.2) is 46.1 Å². The lowest BCUT2D eigenvalue weighted by Crippen LogP contribution is -2.35. The predicted octanol–water partition coefficient (Wildman–Crippen LogP) is 4.21. The fourth-order valence-electron chi connectivity index (χ4n) is 3.50. The molecule has 0 amide bonds. The largest absolute Gasteiger partial charge is 0.462 e. The van der Waals surface area contributed by atoms with Crippen molar-refractivity contribution in [2.75, 3.05) is 13.7 Å². The lowest BCUT2D eigenvalue weighted by Gasteiger charge is -2.34. The average Bonchev–Trinajstić information content (AvgIpc) is 2.65. The molecule has 5 nitrogen and oxygen atoms in total. The Balaban J connectivity index is 2.62. The van der Waals surface area contributed by atoms with Crippen LogP contribution in [0.5, 0.6) is 0 Å². The molecule has 0 spiro atoms. The summed E-state index contributed by atoms with van der Waals surface area (Å²) in [4.78, 5) is 12.9. The van der Waals surface area contributed by atoms with Gasteiger partial charge >= 0.3 is 5.97 Å². The first kappa shape index (κ1) is 20.9. The molecule has 0 aromatic carbocycles. The van der Waals surface area contributed by atoms with Crippen LogP contribution in [0, 0.1) is 17.2 Å². The second kappa shape index (κ2) is 9.52. The zero-order valence-electron chi connectivity index (χ0n) is 16.4. The second-order valence-corrected chi connectivity index (χ2v) is 6.70. The summed E-state index contributed by atoms with van der Waals surface area (Å²) >= 11 is 0. The Kier molecular flexibility index (Phi) is 7.37. The number of esters is 1. The SMILES string of the molecule is CCCOC(=O)C1=C(CCC)NC(C)=C(C#N)C1C1=CC=C(F)CC1OC. The highest BCUT2D eigenvalue weighted by molar-refractivity contribution is 5.92. The van der Waals surface area contributed by atoms with Gasteiger partial charge in [-0.2, -0.15) is 5.26 Å². The van der Waals surface area contributed by atoms with Crippen molar-refractivity contribution >= 4 is 5.97 Å². The molecule has 0 fully saturated rings. The van der Waals surface area contributed by atoms with Gasteiger partial charge in [0.2, 0.25) is 0 Å². The molecule has 0 aromatic rings. The molecule has 2 unspecified atom stereocenters. The third kappa shape index (κ3) is 4.48. The zero-order chi connectivity index (χ0) is 20.0. The van der Waals surface area contributed by atoms with Gasteiger partial charge in [-0.25, -0.2) is 9.18 Å². The number of nitriles is 1. The number of halogens is 1. The van der Waals surface area contributed by atoms with Crippen molar-refractivity contribution in [3.8, 4) is 6.07 Å². The van der Waals surface area contributed by atoms with E-state index in [1.807, 2.05) is 20.8 Å². The molecule has 0 saturated heterocycles. The van der Waals surface area contributed by atoms with Crippen LogP contribution in [-0.2, 0) is 14.3 Å². The molecule has 0 aromatic heterocycles. The smallest absolute Gasteiger partial charge is 0.336 e.